The van der Waals surface area contributed by atoms with Crippen molar-refractivity contribution in [3.8, 4) is 6.07 Å². The number of carbonyl (C=O) groups excluding carboxylic acids is 1. The molecular weight excluding hydrogens is 342 g/mol. The smallest absolute Gasteiger partial charge is 0.252 e. The number of carbonyl (C=O) groups is 1. The van der Waals surface area contributed by atoms with Crippen molar-refractivity contribution in [1.29, 1.82) is 5.26 Å². The average Bonchev–Trinajstić information content (AvgIpc) is 3.31. The standard InChI is InChI=1S/C19H19N7O/c20-8-18-22-13-26(24-18)12-19(27)23-17-4-6-25(11-17)10-14-1-2-16-9-21-5-3-15(16)7-14/h1-3,5,7,9,13,17H,4,6,10-12H2,(H,23,27). The Labute approximate surface area is 156 Å². The van der Waals surface area contributed by atoms with Gasteiger partial charge in [-0.05, 0) is 29.5 Å². The fourth-order valence-corrected chi connectivity index (χ4v) is 3.43. The first-order valence-corrected chi connectivity index (χ1v) is 8.83. The topological polar surface area (TPSA) is 99.7 Å². The van der Waals surface area contributed by atoms with E-state index in [4.69, 9.17) is 5.26 Å². The van der Waals surface area contributed by atoms with Gasteiger partial charge in [-0.2, -0.15) is 5.26 Å². The summed E-state index contributed by atoms with van der Waals surface area (Å²) in [6.45, 7) is 2.70. The number of nitrogens with zero attached hydrogens (tertiary/aromatic N) is 6. The predicted molar refractivity (Wildman–Crippen MR) is 98.3 cm³/mol. The normalized spacial score (nSPS) is 17.1. The first-order valence-electron chi connectivity index (χ1n) is 8.83. The number of aromatic nitrogens is 4. The van der Waals surface area contributed by atoms with Crippen LogP contribution in [0.1, 0.15) is 17.8 Å². The maximum atomic E-state index is 12.2. The zero-order valence-corrected chi connectivity index (χ0v) is 14.7. The van der Waals surface area contributed by atoms with Gasteiger partial charge in [0.05, 0.1) is 0 Å². The maximum Gasteiger partial charge on any atom is 0.252 e. The highest BCUT2D eigenvalue weighted by Gasteiger charge is 2.24. The minimum atomic E-state index is -0.116. The SMILES string of the molecule is N#Cc1ncn(CC(=O)NC2CCN(Cc3ccc4cnccc4c3)C2)n1. The Balaban J connectivity index is 1.30. The Morgan fingerprint density at radius 2 is 2.26 bits per heavy atom. The van der Waals surface area contributed by atoms with Crippen LogP contribution in [0, 0.1) is 11.3 Å². The molecule has 0 saturated carbocycles. The summed E-state index contributed by atoms with van der Waals surface area (Å²) in [6.07, 6.45) is 6.00. The summed E-state index contributed by atoms with van der Waals surface area (Å²) in [6, 6.07) is 10.4. The Kier molecular flexibility index (Phi) is 4.77. The number of fused-ring (bicyclic) bond motifs is 1. The van der Waals surface area contributed by atoms with Gasteiger partial charge in [0.25, 0.3) is 5.82 Å². The molecule has 0 radical (unpaired) electrons. The summed E-state index contributed by atoms with van der Waals surface area (Å²) in [7, 11) is 0. The van der Waals surface area contributed by atoms with Crippen LogP contribution in [0.4, 0.5) is 0 Å². The molecule has 2 aromatic heterocycles. The van der Waals surface area contributed by atoms with E-state index in [0.717, 1.165) is 31.4 Å². The van der Waals surface area contributed by atoms with Gasteiger partial charge < -0.3 is 5.32 Å². The van der Waals surface area contributed by atoms with Crippen LogP contribution in [-0.4, -0.2) is 49.7 Å². The van der Waals surface area contributed by atoms with E-state index in [1.165, 1.54) is 22.0 Å². The molecule has 27 heavy (non-hydrogen) atoms. The van der Waals surface area contributed by atoms with Crippen LogP contribution in [0.15, 0.2) is 43.0 Å². The number of likely N-dealkylation sites (tertiary alicyclic amines) is 1. The number of benzene rings is 1. The van der Waals surface area contributed by atoms with E-state index in [9.17, 15) is 4.79 Å². The van der Waals surface area contributed by atoms with E-state index in [2.05, 4.69) is 43.5 Å². The van der Waals surface area contributed by atoms with Crippen LogP contribution in [0.2, 0.25) is 0 Å². The summed E-state index contributed by atoms with van der Waals surface area (Å²) in [4.78, 5) is 22.5. The third kappa shape index (κ3) is 4.10. The highest BCUT2D eigenvalue weighted by molar-refractivity contribution is 5.82. The fourth-order valence-electron chi connectivity index (χ4n) is 3.43. The number of rotatable bonds is 5. The van der Waals surface area contributed by atoms with Crippen LogP contribution in [-0.2, 0) is 17.9 Å². The number of nitrogens with one attached hydrogen (secondary N) is 1. The van der Waals surface area contributed by atoms with Crippen molar-refractivity contribution < 1.29 is 4.79 Å². The fraction of sp³-hybridized carbons (Fsp3) is 0.316. The van der Waals surface area contributed by atoms with Crippen molar-refractivity contribution in [1.82, 2.24) is 30.0 Å². The van der Waals surface area contributed by atoms with Crippen LogP contribution >= 0.6 is 0 Å². The van der Waals surface area contributed by atoms with E-state index in [-0.39, 0.29) is 24.3 Å². The Morgan fingerprint density at radius 1 is 1.33 bits per heavy atom. The van der Waals surface area contributed by atoms with E-state index in [0.29, 0.717) is 0 Å². The summed E-state index contributed by atoms with van der Waals surface area (Å²) in [5, 5.41) is 18.0. The summed E-state index contributed by atoms with van der Waals surface area (Å²) >= 11 is 0. The zero-order valence-electron chi connectivity index (χ0n) is 14.7. The van der Waals surface area contributed by atoms with Crippen LogP contribution in [0.5, 0.6) is 0 Å². The Hall–Kier alpha value is -3.31. The van der Waals surface area contributed by atoms with Crippen LogP contribution in [0.25, 0.3) is 10.8 Å². The van der Waals surface area contributed by atoms with Gasteiger partial charge in [0.15, 0.2) is 0 Å². The van der Waals surface area contributed by atoms with Gasteiger partial charge in [0.1, 0.15) is 18.9 Å². The molecule has 1 amide bonds. The third-order valence-corrected chi connectivity index (χ3v) is 4.69. The second-order valence-electron chi connectivity index (χ2n) is 6.72. The summed E-state index contributed by atoms with van der Waals surface area (Å²) in [5.74, 6) is -0.0459. The van der Waals surface area contributed by atoms with Crippen LogP contribution in [0.3, 0.4) is 0 Å². The molecule has 3 aromatic rings. The molecule has 4 rings (SSSR count). The lowest BCUT2D eigenvalue weighted by atomic mass is 10.1. The van der Waals surface area contributed by atoms with Crippen molar-refractivity contribution in [3.63, 3.8) is 0 Å². The second kappa shape index (κ2) is 7.51. The molecular formula is C19H19N7O. The van der Waals surface area contributed by atoms with E-state index >= 15 is 0 Å². The van der Waals surface area contributed by atoms with E-state index in [1.54, 1.807) is 0 Å². The number of hydrogen-bond donors (Lipinski definition) is 1. The lowest BCUT2D eigenvalue weighted by Gasteiger charge is -2.17. The highest BCUT2D eigenvalue weighted by atomic mass is 16.2. The molecule has 1 atom stereocenters. The Morgan fingerprint density at radius 3 is 3.11 bits per heavy atom. The molecule has 1 fully saturated rings. The van der Waals surface area contributed by atoms with Crippen molar-refractivity contribution >= 4 is 16.7 Å². The molecule has 1 aromatic carbocycles. The monoisotopic (exact) mass is 361 g/mol. The van der Waals surface area contributed by atoms with Gasteiger partial charge in [0, 0.05) is 43.5 Å². The van der Waals surface area contributed by atoms with Crippen LogP contribution < -0.4 is 5.32 Å². The predicted octanol–water partition coefficient (Wildman–Crippen LogP) is 1.09. The minimum absolute atomic E-state index is 0.0704. The molecule has 3 heterocycles. The quantitative estimate of drug-likeness (QED) is 0.730. The molecule has 1 aliphatic rings. The molecule has 0 spiro atoms. The number of amides is 1. The van der Waals surface area contributed by atoms with Crippen molar-refractivity contribution in [3.05, 3.63) is 54.4 Å². The van der Waals surface area contributed by atoms with Crippen molar-refractivity contribution in [2.24, 2.45) is 0 Å². The Bertz CT molecular complexity index is 1010. The van der Waals surface area contributed by atoms with Gasteiger partial charge in [-0.1, -0.05) is 12.1 Å². The molecule has 0 bridgehead atoms. The first-order chi connectivity index (χ1) is 13.2. The molecule has 1 aliphatic heterocycles. The molecule has 1 N–H and O–H groups in total. The zero-order chi connectivity index (χ0) is 18.6. The molecule has 1 unspecified atom stereocenters. The van der Waals surface area contributed by atoms with Gasteiger partial charge in [-0.3, -0.25) is 14.7 Å². The van der Waals surface area contributed by atoms with E-state index < -0.39 is 0 Å². The maximum absolute atomic E-state index is 12.2. The third-order valence-electron chi connectivity index (χ3n) is 4.69. The molecule has 8 nitrogen and oxygen atoms in total. The van der Waals surface area contributed by atoms with Gasteiger partial charge >= 0.3 is 0 Å². The largest absolute Gasteiger partial charge is 0.350 e. The summed E-state index contributed by atoms with van der Waals surface area (Å²) in [5.41, 5.74) is 1.26. The van der Waals surface area contributed by atoms with Gasteiger partial charge in [0.2, 0.25) is 5.91 Å². The lowest BCUT2D eigenvalue weighted by Crippen LogP contribution is -2.38. The highest BCUT2D eigenvalue weighted by Crippen LogP contribution is 2.18. The lowest BCUT2D eigenvalue weighted by molar-refractivity contribution is -0.122. The van der Waals surface area contributed by atoms with Crippen molar-refractivity contribution in [2.75, 3.05) is 13.1 Å². The number of pyridine rings is 1. The van der Waals surface area contributed by atoms with Gasteiger partial charge in [-0.15, -0.1) is 5.10 Å². The molecule has 8 heteroatoms. The number of hydrogen-bond acceptors (Lipinski definition) is 6. The minimum Gasteiger partial charge on any atom is -0.350 e. The van der Waals surface area contributed by atoms with E-state index in [1.807, 2.05) is 24.5 Å². The molecule has 0 aliphatic carbocycles. The first kappa shape index (κ1) is 17.1. The van der Waals surface area contributed by atoms with Crippen molar-refractivity contribution in [2.45, 2.75) is 25.6 Å². The number of nitriles is 1. The molecule has 1 saturated heterocycles. The van der Waals surface area contributed by atoms with Gasteiger partial charge in [-0.25, -0.2) is 9.67 Å². The second-order valence-corrected chi connectivity index (χ2v) is 6.72. The summed E-state index contributed by atoms with van der Waals surface area (Å²) < 4.78 is 1.38. The average molecular weight is 361 g/mol. The molecule has 136 valence electrons.